The second-order valence-electron chi connectivity index (χ2n) is 8.12. The predicted molar refractivity (Wildman–Crippen MR) is 126 cm³/mol. The van der Waals surface area contributed by atoms with Crippen LogP contribution < -0.4 is 5.32 Å². The predicted octanol–water partition coefficient (Wildman–Crippen LogP) is 3.12. The Morgan fingerprint density at radius 1 is 1.09 bits per heavy atom. The van der Waals surface area contributed by atoms with Crippen molar-refractivity contribution < 1.29 is 14.3 Å². The Morgan fingerprint density at radius 3 is 2.64 bits per heavy atom. The molecular formula is C26H28N4O3. The summed E-state index contributed by atoms with van der Waals surface area (Å²) in [4.78, 5) is 36.3. The van der Waals surface area contributed by atoms with Crippen molar-refractivity contribution in [3.05, 3.63) is 84.4 Å². The van der Waals surface area contributed by atoms with E-state index in [4.69, 9.17) is 4.74 Å². The number of hydrogen-bond donors (Lipinski definition) is 1. The van der Waals surface area contributed by atoms with Crippen molar-refractivity contribution in [2.24, 2.45) is 0 Å². The van der Waals surface area contributed by atoms with E-state index in [0.29, 0.717) is 19.5 Å². The zero-order chi connectivity index (χ0) is 23.1. The summed E-state index contributed by atoms with van der Waals surface area (Å²) in [6.45, 7) is 3.34. The lowest BCUT2D eigenvalue weighted by atomic mass is 9.87. The minimum absolute atomic E-state index is 0.140. The summed E-state index contributed by atoms with van der Waals surface area (Å²) in [5.74, 6) is -0.459. The van der Waals surface area contributed by atoms with Gasteiger partial charge in [-0.05, 0) is 23.1 Å². The standard InChI is InChI=1S/C26H28N4O3/c1-2-12-29-25(32)26(17-21-10-6-7-11-22(21)20-8-4-3-5-9-20)19-30(15-16-33-26)24(31)23-18-27-13-14-28-23/h3-11,13-14,18H,2,12,15-17,19H2,1H3,(H,29,32)/t26-/m0/s1. The normalized spacial score (nSPS) is 18.0. The Labute approximate surface area is 193 Å². The molecule has 0 radical (unpaired) electrons. The van der Waals surface area contributed by atoms with Gasteiger partial charge >= 0.3 is 0 Å². The number of hydrogen-bond acceptors (Lipinski definition) is 5. The largest absolute Gasteiger partial charge is 0.361 e. The third kappa shape index (κ3) is 5.09. The summed E-state index contributed by atoms with van der Waals surface area (Å²) in [6, 6.07) is 18.1. The lowest BCUT2D eigenvalue weighted by Crippen LogP contribution is -2.62. The van der Waals surface area contributed by atoms with Crippen molar-refractivity contribution in [1.82, 2.24) is 20.2 Å². The Morgan fingerprint density at radius 2 is 1.88 bits per heavy atom. The van der Waals surface area contributed by atoms with Crippen LogP contribution in [0.15, 0.2) is 73.2 Å². The van der Waals surface area contributed by atoms with E-state index < -0.39 is 5.60 Å². The van der Waals surface area contributed by atoms with E-state index in [0.717, 1.165) is 23.1 Å². The monoisotopic (exact) mass is 444 g/mol. The van der Waals surface area contributed by atoms with Crippen LogP contribution in [-0.4, -0.2) is 58.5 Å². The van der Waals surface area contributed by atoms with Gasteiger partial charge in [0, 0.05) is 31.9 Å². The SMILES string of the molecule is CCCNC(=O)[C@]1(Cc2ccccc2-c2ccccc2)CN(C(=O)c2cnccn2)CCO1. The summed E-state index contributed by atoms with van der Waals surface area (Å²) in [7, 11) is 0. The van der Waals surface area contributed by atoms with E-state index in [1.807, 2.05) is 61.5 Å². The van der Waals surface area contributed by atoms with E-state index in [1.54, 1.807) is 4.90 Å². The van der Waals surface area contributed by atoms with Crippen molar-refractivity contribution in [3.63, 3.8) is 0 Å². The van der Waals surface area contributed by atoms with Crippen LogP contribution in [0.3, 0.4) is 0 Å². The fourth-order valence-corrected chi connectivity index (χ4v) is 4.13. The van der Waals surface area contributed by atoms with Crippen LogP contribution in [0.4, 0.5) is 0 Å². The molecular weight excluding hydrogens is 416 g/mol. The molecule has 1 N–H and O–H groups in total. The van der Waals surface area contributed by atoms with Crippen molar-refractivity contribution in [2.75, 3.05) is 26.2 Å². The highest BCUT2D eigenvalue weighted by molar-refractivity contribution is 5.93. The summed E-state index contributed by atoms with van der Waals surface area (Å²) < 4.78 is 6.19. The maximum Gasteiger partial charge on any atom is 0.274 e. The third-order valence-electron chi connectivity index (χ3n) is 5.78. The Balaban J connectivity index is 1.67. The number of aromatic nitrogens is 2. The van der Waals surface area contributed by atoms with Gasteiger partial charge in [-0.15, -0.1) is 0 Å². The smallest absolute Gasteiger partial charge is 0.274 e. The van der Waals surface area contributed by atoms with Gasteiger partial charge in [-0.2, -0.15) is 0 Å². The third-order valence-corrected chi connectivity index (χ3v) is 5.78. The number of carbonyl (C=O) groups excluding carboxylic acids is 2. The second-order valence-corrected chi connectivity index (χ2v) is 8.12. The molecule has 1 aliphatic heterocycles. The first-order valence-corrected chi connectivity index (χ1v) is 11.2. The number of carbonyl (C=O) groups is 2. The van der Waals surface area contributed by atoms with Crippen molar-refractivity contribution in [3.8, 4) is 11.1 Å². The van der Waals surface area contributed by atoms with Crippen molar-refractivity contribution in [2.45, 2.75) is 25.4 Å². The lowest BCUT2D eigenvalue weighted by molar-refractivity contribution is -0.157. The topological polar surface area (TPSA) is 84.4 Å². The molecule has 0 spiro atoms. The Kier molecular flexibility index (Phi) is 7.10. The molecule has 4 rings (SSSR count). The molecule has 0 saturated carbocycles. The van der Waals surface area contributed by atoms with Crippen LogP contribution in [-0.2, 0) is 16.0 Å². The summed E-state index contributed by atoms with van der Waals surface area (Å²) in [5.41, 5.74) is 2.16. The van der Waals surface area contributed by atoms with E-state index in [9.17, 15) is 9.59 Å². The van der Waals surface area contributed by atoms with E-state index in [-0.39, 0.29) is 30.7 Å². The van der Waals surface area contributed by atoms with Gasteiger partial charge in [-0.1, -0.05) is 61.5 Å². The van der Waals surface area contributed by atoms with Crippen LogP contribution >= 0.6 is 0 Å². The first-order valence-electron chi connectivity index (χ1n) is 11.2. The molecule has 1 aliphatic rings. The van der Waals surface area contributed by atoms with Crippen LogP contribution in [0, 0.1) is 0 Å². The zero-order valence-electron chi connectivity index (χ0n) is 18.7. The average Bonchev–Trinajstić information content (AvgIpc) is 2.88. The molecule has 7 heteroatoms. The molecule has 2 heterocycles. The lowest BCUT2D eigenvalue weighted by Gasteiger charge is -2.41. The number of nitrogens with zero attached hydrogens (tertiary/aromatic N) is 3. The number of nitrogens with one attached hydrogen (secondary N) is 1. The molecule has 2 aromatic carbocycles. The molecule has 0 unspecified atom stereocenters. The molecule has 1 fully saturated rings. The van der Waals surface area contributed by atoms with Crippen LogP contribution in [0.1, 0.15) is 29.4 Å². The van der Waals surface area contributed by atoms with E-state index in [2.05, 4.69) is 15.3 Å². The fraction of sp³-hybridized carbons (Fsp3) is 0.308. The number of rotatable bonds is 7. The molecule has 33 heavy (non-hydrogen) atoms. The van der Waals surface area contributed by atoms with Gasteiger partial charge in [-0.3, -0.25) is 14.6 Å². The minimum Gasteiger partial charge on any atom is -0.361 e. The minimum atomic E-state index is -1.20. The highest BCUT2D eigenvalue weighted by Crippen LogP contribution is 2.30. The maximum atomic E-state index is 13.4. The number of amides is 2. The number of morpholine rings is 1. The molecule has 7 nitrogen and oxygen atoms in total. The number of benzene rings is 2. The average molecular weight is 445 g/mol. The van der Waals surface area contributed by atoms with Crippen LogP contribution in [0.5, 0.6) is 0 Å². The van der Waals surface area contributed by atoms with Gasteiger partial charge in [0.25, 0.3) is 11.8 Å². The van der Waals surface area contributed by atoms with Gasteiger partial charge in [0.2, 0.25) is 0 Å². The van der Waals surface area contributed by atoms with Gasteiger partial charge in [-0.25, -0.2) is 4.98 Å². The number of ether oxygens (including phenoxy) is 1. The van der Waals surface area contributed by atoms with E-state index in [1.165, 1.54) is 18.6 Å². The summed E-state index contributed by atoms with van der Waals surface area (Å²) in [6.07, 6.45) is 5.62. The molecule has 0 aliphatic carbocycles. The van der Waals surface area contributed by atoms with Crippen molar-refractivity contribution >= 4 is 11.8 Å². The van der Waals surface area contributed by atoms with Gasteiger partial charge in [0.05, 0.1) is 19.3 Å². The van der Waals surface area contributed by atoms with Crippen molar-refractivity contribution in [1.29, 1.82) is 0 Å². The molecule has 2 amide bonds. The quantitative estimate of drug-likeness (QED) is 0.605. The Bertz CT molecular complexity index is 1090. The molecule has 0 bridgehead atoms. The molecule has 1 saturated heterocycles. The van der Waals surface area contributed by atoms with E-state index >= 15 is 0 Å². The first kappa shape index (κ1) is 22.6. The van der Waals surface area contributed by atoms with Gasteiger partial charge < -0.3 is 15.0 Å². The van der Waals surface area contributed by atoms with Crippen LogP contribution in [0.25, 0.3) is 11.1 Å². The molecule has 1 aromatic heterocycles. The Hall–Kier alpha value is -3.58. The first-order chi connectivity index (χ1) is 16.1. The highest BCUT2D eigenvalue weighted by Gasteiger charge is 2.45. The zero-order valence-corrected chi connectivity index (χ0v) is 18.7. The molecule has 170 valence electrons. The summed E-state index contributed by atoms with van der Waals surface area (Å²) >= 11 is 0. The fourth-order valence-electron chi connectivity index (χ4n) is 4.13. The van der Waals surface area contributed by atoms with Gasteiger partial charge in [0.15, 0.2) is 5.60 Å². The molecule has 3 aromatic rings. The highest BCUT2D eigenvalue weighted by atomic mass is 16.5. The van der Waals surface area contributed by atoms with Crippen LogP contribution in [0.2, 0.25) is 0 Å². The molecule has 1 atom stereocenters. The maximum absolute atomic E-state index is 13.4. The van der Waals surface area contributed by atoms with Gasteiger partial charge in [0.1, 0.15) is 5.69 Å². The summed E-state index contributed by atoms with van der Waals surface area (Å²) in [5, 5.41) is 2.99. The second kappa shape index (κ2) is 10.4.